The molecule has 1 aromatic carbocycles. The Bertz CT molecular complexity index is 633. The molecule has 2 amide bonds. The molecule has 0 spiro atoms. The minimum absolute atomic E-state index is 0.413. The van der Waals surface area contributed by atoms with Crippen LogP contribution in [0.4, 0.5) is 10.8 Å². The number of aryl methyl sites for hydroxylation is 2. The number of carbonyl (C=O) groups excluding carboxylic acids is 2. The summed E-state index contributed by atoms with van der Waals surface area (Å²) in [6, 6.07) is 6.49. The number of hydrogen-bond donors (Lipinski definition) is 2. The second kappa shape index (κ2) is 6.02. The Labute approximate surface area is 125 Å². The number of benzene rings is 1. The molecule has 0 saturated heterocycles. The van der Waals surface area contributed by atoms with Gasteiger partial charge in [-0.15, -0.1) is 11.3 Å². The predicted molar refractivity (Wildman–Crippen MR) is 80.3 cm³/mol. The molecular formula is C13H12ClN3O2S. The van der Waals surface area contributed by atoms with Gasteiger partial charge in [0.15, 0.2) is 5.13 Å². The smallest absolute Gasteiger partial charge is 0.315 e. The Morgan fingerprint density at radius 3 is 2.25 bits per heavy atom. The number of carbonyl (C=O) groups is 2. The fourth-order valence-corrected chi connectivity index (χ4v) is 2.34. The number of nitrogens with one attached hydrogen (secondary N) is 2. The fourth-order valence-electron chi connectivity index (χ4n) is 1.40. The molecule has 0 unspecified atom stereocenters. The van der Waals surface area contributed by atoms with Gasteiger partial charge in [-0.25, -0.2) is 4.98 Å². The van der Waals surface area contributed by atoms with Crippen molar-refractivity contribution < 1.29 is 9.59 Å². The lowest BCUT2D eigenvalue weighted by atomic mass is 10.3. The van der Waals surface area contributed by atoms with E-state index in [0.29, 0.717) is 15.8 Å². The summed E-state index contributed by atoms with van der Waals surface area (Å²) in [4.78, 5) is 28.6. The van der Waals surface area contributed by atoms with Gasteiger partial charge in [0.2, 0.25) is 0 Å². The van der Waals surface area contributed by atoms with Crippen LogP contribution in [0.5, 0.6) is 0 Å². The van der Waals surface area contributed by atoms with Crippen molar-refractivity contribution in [2.75, 3.05) is 10.6 Å². The molecule has 0 aliphatic rings. The third-order valence-electron chi connectivity index (χ3n) is 2.56. The molecule has 5 nitrogen and oxygen atoms in total. The van der Waals surface area contributed by atoms with Gasteiger partial charge in [-0.2, -0.15) is 0 Å². The molecule has 0 aliphatic heterocycles. The van der Waals surface area contributed by atoms with E-state index in [-0.39, 0.29) is 0 Å². The van der Waals surface area contributed by atoms with Crippen molar-refractivity contribution in [2.45, 2.75) is 13.8 Å². The minimum Gasteiger partial charge on any atom is -0.318 e. The van der Waals surface area contributed by atoms with Crippen LogP contribution in [0, 0.1) is 13.8 Å². The molecule has 104 valence electrons. The van der Waals surface area contributed by atoms with Crippen LogP contribution in [0.1, 0.15) is 10.6 Å². The molecule has 0 fully saturated rings. The first-order valence-corrected chi connectivity index (χ1v) is 6.97. The molecule has 1 aromatic heterocycles. The van der Waals surface area contributed by atoms with E-state index in [0.717, 1.165) is 10.6 Å². The summed E-state index contributed by atoms with van der Waals surface area (Å²) in [6.07, 6.45) is 0. The van der Waals surface area contributed by atoms with Crippen molar-refractivity contribution in [3.8, 4) is 0 Å². The highest BCUT2D eigenvalue weighted by Crippen LogP contribution is 2.21. The lowest BCUT2D eigenvalue weighted by Gasteiger charge is -2.04. The maximum Gasteiger partial charge on any atom is 0.315 e. The first-order chi connectivity index (χ1) is 9.45. The highest BCUT2D eigenvalue weighted by Gasteiger charge is 2.16. The van der Waals surface area contributed by atoms with Crippen molar-refractivity contribution in [3.05, 3.63) is 39.9 Å². The van der Waals surface area contributed by atoms with Crippen molar-refractivity contribution in [1.82, 2.24) is 4.98 Å². The maximum absolute atomic E-state index is 11.7. The third-order valence-corrected chi connectivity index (χ3v) is 3.80. The monoisotopic (exact) mass is 309 g/mol. The molecule has 0 radical (unpaired) electrons. The number of amides is 2. The quantitative estimate of drug-likeness (QED) is 0.838. The first kappa shape index (κ1) is 14.5. The highest BCUT2D eigenvalue weighted by atomic mass is 35.5. The Morgan fingerprint density at radius 2 is 1.70 bits per heavy atom. The van der Waals surface area contributed by atoms with Gasteiger partial charge in [-0.3, -0.25) is 14.9 Å². The zero-order valence-electron chi connectivity index (χ0n) is 10.9. The van der Waals surface area contributed by atoms with E-state index in [1.807, 2.05) is 13.8 Å². The van der Waals surface area contributed by atoms with Gasteiger partial charge in [0.1, 0.15) is 0 Å². The summed E-state index contributed by atoms with van der Waals surface area (Å²) < 4.78 is 0. The van der Waals surface area contributed by atoms with Gasteiger partial charge in [-0.1, -0.05) is 11.6 Å². The zero-order chi connectivity index (χ0) is 14.7. The second-order valence-electron chi connectivity index (χ2n) is 4.08. The summed E-state index contributed by atoms with van der Waals surface area (Å²) >= 11 is 7.06. The van der Waals surface area contributed by atoms with Crippen molar-refractivity contribution in [2.24, 2.45) is 0 Å². The van der Waals surface area contributed by atoms with Crippen molar-refractivity contribution in [1.29, 1.82) is 0 Å². The standard InChI is InChI=1S/C13H12ClN3O2S/c1-7-8(2)20-13(15-7)17-12(19)11(18)16-10-5-3-9(14)4-6-10/h3-6H,1-2H3,(H,16,18)(H,15,17,19). The third kappa shape index (κ3) is 3.55. The highest BCUT2D eigenvalue weighted by molar-refractivity contribution is 7.15. The second-order valence-corrected chi connectivity index (χ2v) is 5.72. The Balaban J connectivity index is 1.98. The largest absolute Gasteiger partial charge is 0.318 e. The van der Waals surface area contributed by atoms with Gasteiger partial charge in [0, 0.05) is 15.6 Å². The van der Waals surface area contributed by atoms with Gasteiger partial charge in [-0.05, 0) is 38.1 Å². The molecule has 0 bridgehead atoms. The Hall–Kier alpha value is -1.92. The molecule has 0 saturated carbocycles. The number of anilines is 2. The number of thiazole rings is 1. The molecule has 1 heterocycles. The van der Waals surface area contributed by atoms with Gasteiger partial charge in [0.05, 0.1) is 5.69 Å². The van der Waals surface area contributed by atoms with Gasteiger partial charge >= 0.3 is 11.8 Å². The van der Waals surface area contributed by atoms with E-state index in [1.165, 1.54) is 11.3 Å². The number of rotatable bonds is 2. The minimum atomic E-state index is -0.756. The average molecular weight is 310 g/mol. The van der Waals surface area contributed by atoms with Crippen LogP contribution >= 0.6 is 22.9 Å². The summed E-state index contributed by atoms with van der Waals surface area (Å²) in [5.74, 6) is -1.51. The van der Waals surface area contributed by atoms with Crippen molar-refractivity contribution >= 4 is 45.6 Å². The maximum atomic E-state index is 11.7. The number of hydrogen-bond acceptors (Lipinski definition) is 4. The first-order valence-electron chi connectivity index (χ1n) is 5.77. The van der Waals surface area contributed by atoms with Crippen LogP contribution < -0.4 is 10.6 Å². The predicted octanol–water partition coefficient (Wildman–Crippen LogP) is 2.99. The lowest BCUT2D eigenvalue weighted by Crippen LogP contribution is -2.29. The average Bonchev–Trinajstić information content (AvgIpc) is 2.71. The SMILES string of the molecule is Cc1nc(NC(=O)C(=O)Nc2ccc(Cl)cc2)sc1C. The normalized spacial score (nSPS) is 10.2. The van der Waals surface area contributed by atoms with E-state index >= 15 is 0 Å². The van der Waals surface area contributed by atoms with Crippen LogP contribution in [0.3, 0.4) is 0 Å². The van der Waals surface area contributed by atoms with E-state index in [1.54, 1.807) is 24.3 Å². The lowest BCUT2D eigenvalue weighted by molar-refractivity contribution is -0.132. The number of nitrogens with zero attached hydrogens (tertiary/aromatic N) is 1. The molecule has 2 aromatic rings. The van der Waals surface area contributed by atoms with Gasteiger partial charge < -0.3 is 5.32 Å². The fraction of sp³-hybridized carbons (Fsp3) is 0.154. The summed E-state index contributed by atoms with van der Waals surface area (Å²) in [7, 11) is 0. The van der Waals surface area contributed by atoms with Gasteiger partial charge in [0.25, 0.3) is 0 Å². The molecular weight excluding hydrogens is 298 g/mol. The van der Waals surface area contributed by atoms with Crippen LogP contribution in [0.2, 0.25) is 5.02 Å². The molecule has 2 N–H and O–H groups in total. The van der Waals surface area contributed by atoms with E-state index < -0.39 is 11.8 Å². The van der Waals surface area contributed by atoms with Crippen LogP contribution in [0.25, 0.3) is 0 Å². The molecule has 7 heteroatoms. The molecule has 20 heavy (non-hydrogen) atoms. The summed E-state index contributed by atoms with van der Waals surface area (Å²) in [6.45, 7) is 3.74. The van der Waals surface area contributed by atoms with Crippen LogP contribution in [-0.2, 0) is 9.59 Å². The molecule has 2 rings (SSSR count). The Kier molecular flexibility index (Phi) is 4.36. The zero-order valence-corrected chi connectivity index (χ0v) is 12.4. The molecule has 0 atom stereocenters. The van der Waals surface area contributed by atoms with E-state index in [9.17, 15) is 9.59 Å². The van der Waals surface area contributed by atoms with Crippen molar-refractivity contribution in [3.63, 3.8) is 0 Å². The number of aromatic nitrogens is 1. The Morgan fingerprint density at radius 1 is 1.10 bits per heavy atom. The molecule has 0 aliphatic carbocycles. The number of halogens is 1. The summed E-state index contributed by atoms with van der Waals surface area (Å²) in [5.41, 5.74) is 1.34. The van der Waals surface area contributed by atoms with E-state index in [4.69, 9.17) is 11.6 Å². The van der Waals surface area contributed by atoms with Crippen LogP contribution in [-0.4, -0.2) is 16.8 Å². The van der Waals surface area contributed by atoms with E-state index in [2.05, 4.69) is 15.6 Å². The topological polar surface area (TPSA) is 71.1 Å². The van der Waals surface area contributed by atoms with Crippen LogP contribution in [0.15, 0.2) is 24.3 Å². The summed E-state index contributed by atoms with van der Waals surface area (Å²) in [5, 5.41) is 5.91.